The summed E-state index contributed by atoms with van der Waals surface area (Å²) in [4.78, 5) is 18.5. The first-order valence-corrected chi connectivity index (χ1v) is 11.9. The molecule has 7 nitrogen and oxygen atoms in total. The molecule has 0 radical (unpaired) electrons. The van der Waals surface area contributed by atoms with Gasteiger partial charge in [0.2, 0.25) is 11.8 Å². The van der Waals surface area contributed by atoms with E-state index >= 15 is 0 Å². The second-order valence-electron chi connectivity index (χ2n) is 9.59. The zero-order chi connectivity index (χ0) is 24.0. The molecule has 7 heteroatoms. The van der Waals surface area contributed by atoms with Crippen LogP contribution in [-0.2, 0) is 4.79 Å². The predicted molar refractivity (Wildman–Crippen MR) is 136 cm³/mol. The largest absolute Gasteiger partial charge is 0.439 e. The number of nitrogen functional groups attached to an aromatic ring is 1. The first-order valence-electron chi connectivity index (χ1n) is 11.9. The number of allylic oxidation sites excluding steroid dienone is 1. The smallest absolute Gasteiger partial charge is 0.246 e. The summed E-state index contributed by atoms with van der Waals surface area (Å²) >= 11 is 0. The number of hydrogen-bond donors (Lipinski definition) is 1. The lowest BCUT2D eigenvalue weighted by molar-refractivity contribution is -0.148. The number of anilines is 1. The Bertz CT molecular complexity index is 1410. The third-order valence-electron chi connectivity index (χ3n) is 7.10. The van der Waals surface area contributed by atoms with Gasteiger partial charge in [0.25, 0.3) is 0 Å². The van der Waals surface area contributed by atoms with Gasteiger partial charge < -0.3 is 15.4 Å². The molecule has 1 aliphatic carbocycles. The molecule has 35 heavy (non-hydrogen) atoms. The van der Waals surface area contributed by atoms with Crippen molar-refractivity contribution in [1.82, 2.24) is 19.7 Å². The van der Waals surface area contributed by atoms with E-state index in [4.69, 9.17) is 15.6 Å². The van der Waals surface area contributed by atoms with E-state index in [2.05, 4.69) is 15.7 Å². The number of carbonyl (C=O) groups excluding carboxylic acids is 1. The molecule has 2 aromatic heterocycles. The Morgan fingerprint density at radius 2 is 1.89 bits per heavy atom. The second kappa shape index (κ2) is 8.27. The Labute approximate surface area is 203 Å². The van der Waals surface area contributed by atoms with Crippen LogP contribution in [-0.4, -0.2) is 38.7 Å². The zero-order valence-corrected chi connectivity index (χ0v) is 19.6. The highest BCUT2D eigenvalue weighted by atomic mass is 16.5. The Kier molecular flexibility index (Phi) is 5.06. The third kappa shape index (κ3) is 3.73. The van der Waals surface area contributed by atoms with Crippen molar-refractivity contribution < 1.29 is 9.53 Å². The van der Waals surface area contributed by atoms with Gasteiger partial charge >= 0.3 is 0 Å². The molecule has 4 aromatic rings. The van der Waals surface area contributed by atoms with Crippen LogP contribution in [0.3, 0.4) is 0 Å². The van der Waals surface area contributed by atoms with E-state index in [1.807, 2.05) is 66.4 Å². The number of hydrogen-bond acceptors (Lipinski definition) is 5. The quantitative estimate of drug-likeness (QED) is 0.323. The van der Waals surface area contributed by atoms with Crippen molar-refractivity contribution in [3.8, 4) is 22.9 Å². The van der Waals surface area contributed by atoms with Crippen LogP contribution in [0.4, 0.5) is 5.69 Å². The summed E-state index contributed by atoms with van der Waals surface area (Å²) < 4.78 is 7.96. The molecular formula is C28H27N5O2. The average Bonchev–Trinajstić information content (AvgIpc) is 3.19. The fraction of sp³-hybridized carbons (Fsp3) is 0.250. The summed E-state index contributed by atoms with van der Waals surface area (Å²) in [5.74, 6) is 1.38. The molecule has 1 aliphatic heterocycles. The molecular weight excluding hydrogens is 438 g/mol. The topological polar surface area (TPSA) is 86.3 Å². The van der Waals surface area contributed by atoms with Gasteiger partial charge in [-0.2, -0.15) is 5.10 Å². The maximum atomic E-state index is 12.1. The Morgan fingerprint density at radius 1 is 1.09 bits per heavy atom. The van der Waals surface area contributed by atoms with E-state index in [0.717, 1.165) is 53.8 Å². The number of para-hydroxylation sites is 1. The minimum Gasteiger partial charge on any atom is -0.439 e. The first-order chi connectivity index (χ1) is 17.0. The second-order valence-corrected chi connectivity index (χ2v) is 9.59. The fourth-order valence-corrected chi connectivity index (χ4v) is 5.43. The summed E-state index contributed by atoms with van der Waals surface area (Å²) in [7, 11) is 0. The SMILES string of the molecule is C/C=C/C(=O)N1CC2(CC(n3nc(-c4ccc(Oc5ccccc5)nc4)c4c(N)cccc43)C2)C1. The van der Waals surface area contributed by atoms with Crippen molar-refractivity contribution in [2.24, 2.45) is 5.41 Å². The highest BCUT2D eigenvalue weighted by molar-refractivity contribution is 6.01. The lowest BCUT2D eigenvalue weighted by Gasteiger charge is -2.58. The van der Waals surface area contributed by atoms with Gasteiger partial charge in [0.05, 0.1) is 16.9 Å². The molecule has 2 N–H and O–H groups in total. The molecule has 2 aliphatic rings. The van der Waals surface area contributed by atoms with Crippen molar-refractivity contribution in [3.05, 3.63) is 79.0 Å². The van der Waals surface area contributed by atoms with Crippen molar-refractivity contribution in [2.45, 2.75) is 25.8 Å². The molecule has 0 unspecified atom stereocenters. The molecule has 1 saturated heterocycles. The number of likely N-dealkylation sites (tertiary alicyclic amines) is 1. The van der Waals surface area contributed by atoms with E-state index in [0.29, 0.717) is 17.6 Å². The van der Waals surface area contributed by atoms with E-state index in [1.54, 1.807) is 18.3 Å². The molecule has 6 rings (SSSR count). The third-order valence-corrected chi connectivity index (χ3v) is 7.10. The number of pyridine rings is 1. The molecule has 1 saturated carbocycles. The summed E-state index contributed by atoms with van der Waals surface area (Å²) in [5, 5.41) is 5.98. The normalized spacial score (nSPS) is 17.0. The van der Waals surface area contributed by atoms with Crippen LogP contribution in [0, 0.1) is 5.41 Å². The molecule has 3 heterocycles. The van der Waals surface area contributed by atoms with Crippen LogP contribution in [0.25, 0.3) is 22.2 Å². The molecule has 1 amide bonds. The monoisotopic (exact) mass is 465 g/mol. The van der Waals surface area contributed by atoms with Crippen molar-refractivity contribution in [1.29, 1.82) is 0 Å². The summed E-state index contributed by atoms with van der Waals surface area (Å²) in [6.07, 6.45) is 7.26. The maximum Gasteiger partial charge on any atom is 0.246 e. The van der Waals surface area contributed by atoms with Crippen molar-refractivity contribution >= 4 is 22.5 Å². The molecule has 0 atom stereocenters. The number of rotatable bonds is 5. The summed E-state index contributed by atoms with van der Waals surface area (Å²) in [5.41, 5.74) is 10.1. The van der Waals surface area contributed by atoms with E-state index in [9.17, 15) is 4.79 Å². The van der Waals surface area contributed by atoms with Gasteiger partial charge in [0.15, 0.2) is 0 Å². The minimum atomic E-state index is 0.105. The number of amides is 1. The number of aromatic nitrogens is 3. The molecule has 176 valence electrons. The molecule has 1 spiro atoms. The Balaban J connectivity index is 1.25. The predicted octanol–water partition coefficient (Wildman–Crippen LogP) is 5.21. The van der Waals surface area contributed by atoms with Gasteiger partial charge in [-0.15, -0.1) is 0 Å². The number of ether oxygens (including phenoxy) is 1. The van der Waals surface area contributed by atoms with Crippen molar-refractivity contribution in [3.63, 3.8) is 0 Å². The van der Waals surface area contributed by atoms with Crippen LogP contribution < -0.4 is 10.5 Å². The van der Waals surface area contributed by atoms with Crippen LogP contribution in [0.2, 0.25) is 0 Å². The lowest BCUT2D eigenvalue weighted by Crippen LogP contribution is -2.63. The van der Waals surface area contributed by atoms with Gasteiger partial charge in [0, 0.05) is 42.0 Å². The first kappa shape index (κ1) is 21.4. The van der Waals surface area contributed by atoms with Gasteiger partial charge in [-0.05, 0) is 56.2 Å². The van der Waals surface area contributed by atoms with E-state index in [1.165, 1.54) is 0 Å². The van der Waals surface area contributed by atoms with Gasteiger partial charge in [0.1, 0.15) is 11.4 Å². The summed E-state index contributed by atoms with van der Waals surface area (Å²) in [6.45, 7) is 3.53. The molecule has 2 fully saturated rings. The van der Waals surface area contributed by atoms with E-state index in [-0.39, 0.29) is 11.3 Å². The van der Waals surface area contributed by atoms with Crippen LogP contribution in [0.15, 0.2) is 79.0 Å². The number of benzene rings is 2. The number of fused-ring (bicyclic) bond motifs is 1. The van der Waals surface area contributed by atoms with Gasteiger partial charge in [-0.25, -0.2) is 4.98 Å². The standard InChI is InChI=1S/C28H27N5O2/c1-2-7-25(34)32-17-28(18-32)14-20(15-28)33-23-11-6-10-22(29)26(23)27(31-33)19-12-13-24(30-16-19)35-21-8-4-3-5-9-21/h2-13,16,20H,14-15,17-18,29H2,1H3/b7-2+. The highest BCUT2D eigenvalue weighted by Crippen LogP contribution is 2.55. The number of carbonyl (C=O) groups is 1. The Morgan fingerprint density at radius 3 is 2.60 bits per heavy atom. The Hall–Kier alpha value is -4.13. The minimum absolute atomic E-state index is 0.105. The zero-order valence-electron chi connectivity index (χ0n) is 19.6. The number of nitrogens with two attached hydrogens (primary N) is 1. The van der Waals surface area contributed by atoms with Gasteiger partial charge in [-0.3, -0.25) is 9.48 Å². The van der Waals surface area contributed by atoms with Crippen LogP contribution >= 0.6 is 0 Å². The highest BCUT2D eigenvalue weighted by Gasteiger charge is 2.54. The lowest BCUT2D eigenvalue weighted by atomic mass is 9.60. The summed E-state index contributed by atoms with van der Waals surface area (Å²) in [6, 6.07) is 19.7. The number of nitrogens with zero attached hydrogens (tertiary/aromatic N) is 4. The van der Waals surface area contributed by atoms with Gasteiger partial charge in [-0.1, -0.05) is 30.3 Å². The fourth-order valence-electron chi connectivity index (χ4n) is 5.43. The van der Waals surface area contributed by atoms with Crippen LogP contribution in [0.1, 0.15) is 25.8 Å². The van der Waals surface area contributed by atoms with Crippen LogP contribution in [0.5, 0.6) is 11.6 Å². The molecule has 0 bridgehead atoms. The molecule has 2 aromatic carbocycles. The van der Waals surface area contributed by atoms with Crippen molar-refractivity contribution in [2.75, 3.05) is 18.8 Å². The maximum absolute atomic E-state index is 12.1. The average molecular weight is 466 g/mol. The van der Waals surface area contributed by atoms with E-state index < -0.39 is 0 Å².